The molecule has 1 aromatic rings. The van der Waals surface area contributed by atoms with E-state index in [1.807, 2.05) is 0 Å². The maximum atomic E-state index is 6.24. The third kappa shape index (κ3) is 2.60. The van der Waals surface area contributed by atoms with Gasteiger partial charge in [-0.15, -0.1) is 0 Å². The maximum Gasteiger partial charge on any atom is 0.0333 e. The van der Waals surface area contributed by atoms with Gasteiger partial charge in [0.2, 0.25) is 0 Å². The summed E-state index contributed by atoms with van der Waals surface area (Å²) in [5, 5.41) is 0. The first-order chi connectivity index (χ1) is 9.29. The molecule has 2 aliphatic carbocycles. The van der Waals surface area contributed by atoms with Crippen molar-refractivity contribution in [3.05, 3.63) is 23.5 Å². The van der Waals surface area contributed by atoms with Crippen LogP contribution in [0.15, 0.2) is 12.3 Å². The van der Waals surface area contributed by atoms with Gasteiger partial charge in [-0.3, -0.25) is 0 Å². The van der Waals surface area contributed by atoms with Gasteiger partial charge in [0.1, 0.15) is 0 Å². The highest BCUT2D eigenvalue weighted by molar-refractivity contribution is 5.29. The molecule has 3 rings (SSSR count). The van der Waals surface area contributed by atoms with Crippen molar-refractivity contribution in [2.24, 2.45) is 11.7 Å². The number of aromatic nitrogens is 1. The van der Waals surface area contributed by atoms with Crippen LogP contribution >= 0.6 is 0 Å². The Labute approximate surface area is 117 Å². The molecule has 106 valence electrons. The van der Waals surface area contributed by atoms with Crippen LogP contribution in [0.5, 0.6) is 0 Å². The van der Waals surface area contributed by atoms with Crippen LogP contribution in [0.1, 0.15) is 81.6 Å². The molecule has 1 fully saturated rings. The zero-order chi connectivity index (χ0) is 13.2. The molecular weight excluding hydrogens is 232 g/mol. The standard InChI is InChI=1S/C17H28N2/c1-2-4-13-7-9-14(10-8-13)19-12-11-15-16(18)5-3-6-17(15)19/h11-14,16H,2-10,18H2,1H3. The van der Waals surface area contributed by atoms with E-state index in [0.29, 0.717) is 6.04 Å². The minimum atomic E-state index is 0.293. The topological polar surface area (TPSA) is 30.9 Å². The molecule has 0 aliphatic heterocycles. The molecular formula is C17H28N2. The monoisotopic (exact) mass is 260 g/mol. The van der Waals surface area contributed by atoms with Crippen molar-refractivity contribution in [3.8, 4) is 0 Å². The van der Waals surface area contributed by atoms with Crippen molar-refractivity contribution in [1.29, 1.82) is 0 Å². The first-order valence-corrected chi connectivity index (χ1v) is 8.24. The molecule has 2 nitrogen and oxygen atoms in total. The van der Waals surface area contributed by atoms with Crippen LogP contribution in [-0.2, 0) is 6.42 Å². The zero-order valence-corrected chi connectivity index (χ0v) is 12.3. The highest BCUT2D eigenvalue weighted by atomic mass is 15.0. The average molecular weight is 260 g/mol. The number of fused-ring (bicyclic) bond motifs is 1. The largest absolute Gasteiger partial charge is 0.348 e. The highest BCUT2D eigenvalue weighted by Crippen LogP contribution is 2.38. The van der Waals surface area contributed by atoms with Gasteiger partial charge in [-0.1, -0.05) is 19.8 Å². The lowest BCUT2D eigenvalue weighted by molar-refractivity contribution is 0.258. The van der Waals surface area contributed by atoms with Crippen LogP contribution in [0.3, 0.4) is 0 Å². The Bertz CT molecular complexity index is 413. The summed E-state index contributed by atoms with van der Waals surface area (Å²) in [6, 6.07) is 3.33. The summed E-state index contributed by atoms with van der Waals surface area (Å²) < 4.78 is 2.58. The van der Waals surface area contributed by atoms with Crippen molar-refractivity contribution >= 4 is 0 Å². The summed E-state index contributed by atoms with van der Waals surface area (Å²) in [6.45, 7) is 2.32. The number of nitrogens with zero attached hydrogens (tertiary/aromatic N) is 1. The van der Waals surface area contributed by atoms with Gasteiger partial charge < -0.3 is 10.3 Å². The molecule has 0 aromatic carbocycles. The summed E-state index contributed by atoms with van der Waals surface area (Å²) in [7, 11) is 0. The average Bonchev–Trinajstić information content (AvgIpc) is 2.85. The van der Waals surface area contributed by atoms with Crippen LogP contribution in [0, 0.1) is 5.92 Å². The summed E-state index contributed by atoms with van der Waals surface area (Å²) in [5.41, 5.74) is 9.22. The number of hydrogen-bond donors (Lipinski definition) is 1. The van der Waals surface area contributed by atoms with Crippen molar-refractivity contribution in [3.63, 3.8) is 0 Å². The van der Waals surface area contributed by atoms with E-state index >= 15 is 0 Å². The predicted octanol–water partition coefficient (Wildman–Crippen LogP) is 4.36. The van der Waals surface area contributed by atoms with Gasteiger partial charge in [0, 0.05) is 24.0 Å². The summed E-state index contributed by atoms with van der Waals surface area (Å²) in [6.07, 6.45) is 14.4. The Balaban J connectivity index is 1.70. The van der Waals surface area contributed by atoms with E-state index in [1.54, 1.807) is 5.69 Å². The number of hydrogen-bond acceptors (Lipinski definition) is 1. The molecule has 0 bridgehead atoms. The fraction of sp³-hybridized carbons (Fsp3) is 0.765. The van der Waals surface area contributed by atoms with E-state index in [9.17, 15) is 0 Å². The highest BCUT2D eigenvalue weighted by Gasteiger charge is 2.26. The Hall–Kier alpha value is -0.760. The molecule has 2 N–H and O–H groups in total. The molecule has 0 amide bonds. The lowest BCUT2D eigenvalue weighted by Gasteiger charge is -2.32. The van der Waals surface area contributed by atoms with Crippen molar-refractivity contribution < 1.29 is 0 Å². The molecule has 0 spiro atoms. The predicted molar refractivity (Wildman–Crippen MR) is 80.2 cm³/mol. The number of rotatable bonds is 3. The fourth-order valence-corrected chi connectivity index (χ4v) is 4.21. The second kappa shape index (κ2) is 5.70. The van der Waals surface area contributed by atoms with Gasteiger partial charge in [-0.2, -0.15) is 0 Å². The fourth-order valence-electron chi connectivity index (χ4n) is 4.21. The van der Waals surface area contributed by atoms with Gasteiger partial charge in [-0.05, 0) is 62.5 Å². The number of nitrogens with two attached hydrogens (primary N) is 1. The second-order valence-corrected chi connectivity index (χ2v) is 6.59. The third-order valence-electron chi connectivity index (χ3n) is 5.29. The molecule has 1 atom stereocenters. The summed E-state index contributed by atoms with van der Waals surface area (Å²) in [5.74, 6) is 0.995. The first kappa shape index (κ1) is 13.2. The molecule has 0 saturated heterocycles. The lowest BCUT2D eigenvalue weighted by atomic mass is 9.83. The summed E-state index contributed by atoms with van der Waals surface area (Å²) in [4.78, 5) is 0. The van der Waals surface area contributed by atoms with Crippen molar-refractivity contribution in [2.45, 2.75) is 76.8 Å². The Kier molecular flexibility index (Phi) is 3.97. The maximum absolute atomic E-state index is 6.24. The quantitative estimate of drug-likeness (QED) is 0.860. The van der Waals surface area contributed by atoms with Crippen molar-refractivity contribution in [2.75, 3.05) is 0 Å². The lowest BCUT2D eigenvalue weighted by Crippen LogP contribution is -2.22. The van der Waals surface area contributed by atoms with E-state index in [0.717, 1.165) is 12.0 Å². The zero-order valence-electron chi connectivity index (χ0n) is 12.3. The third-order valence-corrected chi connectivity index (χ3v) is 5.29. The van der Waals surface area contributed by atoms with Crippen LogP contribution < -0.4 is 5.73 Å². The smallest absolute Gasteiger partial charge is 0.0333 e. The normalized spacial score (nSPS) is 31.2. The van der Waals surface area contributed by atoms with E-state index in [4.69, 9.17) is 5.73 Å². The second-order valence-electron chi connectivity index (χ2n) is 6.59. The van der Waals surface area contributed by atoms with Gasteiger partial charge in [-0.25, -0.2) is 0 Å². The minimum absolute atomic E-state index is 0.293. The Morgan fingerprint density at radius 1 is 1.21 bits per heavy atom. The van der Waals surface area contributed by atoms with Gasteiger partial charge in [0.05, 0.1) is 0 Å². The van der Waals surface area contributed by atoms with E-state index < -0.39 is 0 Å². The SMILES string of the molecule is CCCC1CCC(n2ccc3c2CCCC3N)CC1. The van der Waals surface area contributed by atoms with E-state index in [1.165, 1.54) is 63.4 Å². The van der Waals surface area contributed by atoms with E-state index in [-0.39, 0.29) is 0 Å². The molecule has 19 heavy (non-hydrogen) atoms. The molecule has 1 heterocycles. The Morgan fingerprint density at radius 2 is 2.00 bits per heavy atom. The molecule has 1 aromatic heterocycles. The molecule has 1 unspecified atom stereocenters. The molecule has 0 radical (unpaired) electrons. The van der Waals surface area contributed by atoms with Crippen LogP contribution in [0.2, 0.25) is 0 Å². The van der Waals surface area contributed by atoms with Gasteiger partial charge >= 0.3 is 0 Å². The van der Waals surface area contributed by atoms with Gasteiger partial charge in [0.15, 0.2) is 0 Å². The van der Waals surface area contributed by atoms with Crippen LogP contribution in [-0.4, -0.2) is 4.57 Å². The Morgan fingerprint density at radius 3 is 2.74 bits per heavy atom. The van der Waals surface area contributed by atoms with E-state index in [2.05, 4.69) is 23.8 Å². The molecule has 2 heteroatoms. The van der Waals surface area contributed by atoms with Crippen molar-refractivity contribution in [1.82, 2.24) is 4.57 Å². The van der Waals surface area contributed by atoms with Crippen LogP contribution in [0.4, 0.5) is 0 Å². The minimum Gasteiger partial charge on any atom is -0.348 e. The summed E-state index contributed by atoms with van der Waals surface area (Å²) >= 11 is 0. The van der Waals surface area contributed by atoms with Crippen LogP contribution in [0.25, 0.3) is 0 Å². The molecule has 2 aliphatic rings. The van der Waals surface area contributed by atoms with Gasteiger partial charge in [0.25, 0.3) is 0 Å². The first-order valence-electron chi connectivity index (χ1n) is 8.24. The molecule has 1 saturated carbocycles.